The van der Waals surface area contributed by atoms with Crippen LogP contribution in [0.4, 0.5) is 5.69 Å². The van der Waals surface area contributed by atoms with Crippen LogP contribution < -0.4 is 5.32 Å². The highest BCUT2D eigenvalue weighted by Gasteiger charge is 2.10. The van der Waals surface area contributed by atoms with E-state index in [9.17, 15) is 4.79 Å². The Morgan fingerprint density at radius 3 is 2.76 bits per heavy atom. The summed E-state index contributed by atoms with van der Waals surface area (Å²) in [5.74, 6) is 5.35. The van der Waals surface area contributed by atoms with Crippen molar-refractivity contribution in [2.75, 3.05) is 11.9 Å². The number of nitrogens with one attached hydrogen (secondary N) is 1. The molecule has 0 bridgehead atoms. The molecule has 0 aliphatic heterocycles. The lowest BCUT2D eigenvalue weighted by atomic mass is 10.1. The van der Waals surface area contributed by atoms with E-state index in [1.54, 1.807) is 30.3 Å². The number of rotatable bonds is 3. The molecular weight excluding hydrogens is 288 g/mol. The number of hydrogen-bond donors (Lipinski definition) is 2. The predicted molar refractivity (Wildman–Crippen MR) is 82.2 cm³/mol. The van der Waals surface area contributed by atoms with Crippen LogP contribution in [0.3, 0.4) is 0 Å². The minimum absolute atomic E-state index is 0.0143. The number of aromatic nitrogens is 1. The zero-order chi connectivity index (χ0) is 15.1. The van der Waals surface area contributed by atoms with Crippen LogP contribution in [-0.2, 0) is 0 Å². The van der Waals surface area contributed by atoms with E-state index in [1.165, 1.54) is 12.4 Å². The lowest BCUT2D eigenvalue weighted by Crippen LogP contribution is -2.13. The summed E-state index contributed by atoms with van der Waals surface area (Å²) in [5.41, 5.74) is 1.61. The van der Waals surface area contributed by atoms with Gasteiger partial charge in [0.2, 0.25) is 0 Å². The maximum atomic E-state index is 12.3. The van der Waals surface area contributed by atoms with E-state index >= 15 is 0 Å². The van der Waals surface area contributed by atoms with Crippen molar-refractivity contribution < 1.29 is 9.90 Å². The van der Waals surface area contributed by atoms with Gasteiger partial charge in [-0.2, -0.15) is 0 Å². The predicted octanol–water partition coefficient (Wildman–Crippen LogP) is 2.72. The average molecular weight is 301 g/mol. The van der Waals surface area contributed by atoms with Gasteiger partial charge in [0, 0.05) is 29.5 Å². The second-order valence-electron chi connectivity index (χ2n) is 4.16. The lowest BCUT2D eigenvalue weighted by Gasteiger charge is -2.06. The zero-order valence-corrected chi connectivity index (χ0v) is 11.9. The first-order chi connectivity index (χ1) is 10.2. The van der Waals surface area contributed by atoms with Gasteiger partial charge in [-0.25, -0.2) is 0 Å². The van der Waals surface area contributed by atoms with Gasteiger partial charge in [-0.1, -0.05) is 23.4 Å². The Morgan fingerprint density at radius 1 is 1.29 bits per heavy atom. The molecular formula is C16H13ClN2O2. The van der Waals surface area contributed by atoms with Gasteiger partial charge in [-0.3, -0.25) is 9.78 Å². The van der Waals surface area contributed by atoms with Crippen LogP contribution in [-0.4, -0.2) is 22.6 Å². The maximum Gasteiger partial charge on any atom is 0.257 e. The number of halogens is 1. The van der Waals surface area contributed by atoms with Crippen LogP contribution >= 0.6 is 11.6 Å². The Kier molecular flexibility index (Phi) is 5.33. The molecule has 4 nitrogen and oxygen atoms in total. The molecule has 0 radical (unpaired) electrons. The highest BCUT2D eigenvalue weighted by molar-refractivity contribution is 6.30. The third-order valence-corrected chi connectivity index (χ3v) is 2.88. The number of pyridine rings is 1. The Labute approximate surface area is 127 Å². The van der Waals surface area contributed by atoms with Gasteiger partial charge >= 0.3 is 0 Å². The van der Waals surface area contributed by atoms with E-state index in [0.717, 1.165) is 0 Å². The molecule has 1 amide bonds. The number of carbonyl (C=O) groups is 1. The summed E-state index contributed by atoms with van der Waals surface area (Å²) in [6.45, 7) is -0.0143. The van der Waals surface area contributed by atoms with Crippen LogP contribution in [0.1, 0.15) is 22.3 Å². The van der Waals surface area contributed by atoms with Gasteiger partial charge in [0.1, 0.15) is 0 Å². The van der Waals surface area contributed by atoms with Gasteiger partial charge in [0.05, 0.1) is 17.7 Å². The van der Waals surface area contributed by atoms with E-state index in [-0.39, 0.29) is 12.5 Å². The molecule has 2 N–H and O–H groups in total. The molecule has 1 heterocycles. The van der Waals surface area contributed by atoms with Crippen molar-refractivity contribution in [1.29, 1.82) is 0 Å². The summed E-state index contributed by atoms with van der Waals surface area (Å²) >= 11 is 5.80. The molecule has 1 aromatic carbocycles. The second kappa shape index (κ2) is 7.44. The fourth-order valence-electron chi connectivity index (χ4n) is 1.64. The van der Waals surface area contributed by atoms with Gasteiger partial charge in [0.15, 0.2) is 0 Å². The summed E-state index contributed by atoms with van der Waals surface area (Å²) in [4.78, 5) is 16.2. The van der Waals surface area contributed by atoms with Crippen molar-refractivity contribution in [1.82, 2.24) is 4.98 Å². The second-order valence-corrected chi connectivity index (χ2v) is 4.59. The first-order valence-corrected chi connectivity index (χ1v) is 6.69. The molecule has 21 heavy (non-hydrogen) atoms. The highest BCUT2D eigenvalue weighted by atomic mass is 35.5. The van der Waals surface area contributed by atoms with Crippen molar-refractivity contribution in [2.24, 2.45) is 0 Å². The first kappa shape index (κ1) is 15.0. The molecule has 0 saturated carbocycles. The van der Waals surface area contributed by atoms with E-state index in [2.05, 4.69) is 22.1 Å². The number of aliphatic hydroxyl groups is 1. The summed E-state index contributed by atoms with van der Waals surface area (Å²) in [6, 6.07) is 8.45. The van der Waals surface area contributed by atoms with E-state index in [0.29, 0.717) is 28.3 Å². The van der Waals surface area contributed by atoms with E-state index in [1.807, 2.05) is 0 Å². The molecule has 0 unspecified atom stereocenters. The standard InChI is InChI=1S/C16H13ClN2O2/c17-13-4-6-14(7-5-13)19-16(21)15-8-9-18-11-12(15)3-1-2-10-20/h4-9,11,20H,2,10H2,(H,19,21). The number of hydrogen-bond acceptors (Lipinski definition) is 3. The summed E-state index contributed by atoms with van der Waals surface area (Å²) in [5, 5.41) is 12.1. The van der Waals surface area contributed by atoms with E-state index in [4.69, 9.17) is 16.7 Å². The number of benzene rings is 1. The van der Waals surface area contributed by atoms with Crippen molar-refractivity contribution in [2.45, 2.75) is 6.42 Å². The molecule has 0 fully saturated rings. The summed E-state index contributed by atoms with van der Waals surface area (Å²) in [6.07, 6.45) is 3.42. The van der Waals surface area contributed by atoms with Gasteiger partial charge in [-0.05, 0) is 30.3 Å². The number of anilines is 1. The highest BCUT2D eigenvalue weighted by Crippen LogP contribution is 2.15. The van der Waals surface area contributed by atoms with Gasteiger partial charge in [0.25, 0.3) is 5.91 Å². The smallest absolute Gasteiger partial charge is 0.257 e. The Bertz CT molecular complexity index is 687. The SMILES string of the molecule is O=C(Nc1ccc(Cl)cc1)c1ccncc1C#CCCO. The third kappa shape index (κ3) is 4.32. The molecule has 5 heteroatoms. The summed E-state index contributed by atoms with van der Waals surface area (Å²) < 4.78 is 0. The number of amides is 1. The molecule has 0 saturated heterocycles. The fraction of sp³-hybridized carbons (Fsp3) is 0.125. The normalized spacial score (nSPS) is 9.62. The van der Waals surface area contributed by atoms with Crippen LogP contribution in [0.2, 0.25) is 5.02 Å². The van der Waals surface area contributed by atoms with Crippen LogP contribution in [0.15, 0.2) is 42.7 Å². The molecule has 2 rings (SSSR count). The van der Waals surface area contributed by atoms with Crippen LogP contribution in [0, 0.1) is 11.8 Å². The topological polar surface area (TPSA) is 62.2 Å². The lowest BCUT2D eigenvalue weighted by molar-refractivity contribution is 0.102. The van der Waals surface area contributed by atoms with Crippen molar-refractivity contribution in [3.05, 3.63) is 58.9 Å². The molecule has 106 valence electrons. The number of aliphatic hydroxyl groups excluding tert-OH is 1. The Balaban J connectivity index is 2.19. The summed E-state index contributed by atoms with van der Waals surface area (Å²) in [7, 11) is 0. The molecule has 0 aliphatic rings. The first-order valence-electron chi connectivity index (χ1n) is 6.31. The number of nitrogens with zero attached hydrogens (tertiary/aromatic N) is 1. The zero-order valence-electron chi connectivity index (χ0n) is 11.1. The maximum absolute atomic E-state index is 12.3. The molecule has 0 spiro atoms. The molecule has 1 aromatic heterocycles. The fourth-order valence-corrected chi connectivity index (χ4v) is 1.76. The molecule has 2 aromatic rings. The van der Waals surface area contributed by atoms with Crippen molar-refractivity contribution in [3.8, 4) is 11.8 Å². The molecule has 0 atom stereocenters. The quantitative estimate of drug-likeness (QED) is 0.857. The third-order valence-electron chi connectivity index (χ3n) is 2.63. The van der Waals surface area contributed by atoms with E-state index < -0.39 is 0 Å². The van der Waals surface area contributed by atoms with Crippen LogP contribution in [0.25, 0.3) is 0 Å². The van der Waals surface area contributed by atoms with Crippen molar-refractivity contribution in [3.63, 3.8) is 0 Å². The van der Waals surface area contributed by atoms with Crippen LogP contribution in [0.5, 0.6) is 0 Å². The Hall–Kier alpha value is -2.35. The van der Waals surface area contributed by atoms with Gasteiger partial charge in [-0.15, -0.1) is 0 Å². The minimum Gasteiger partial charge on any atom is -0.395 e. The van der Waals surface area contributed by atoms with Gasteiger partial charge < -0.3 is 10.4 Å². The Morgan fingerprint density at radius 2 is 2.05 bits per heavy atom. The molecule has 0 aliphatic carbocycles. The number of carbonyl (C=O) groups excluding carboxylic acids is 1. The average Bonchev–Trinajstić information content (AvgIpc) is 2.50. The van der Waals surface area contributed by atoms with Crippen molar-refractivity contribution >= 4 is 23.2 Å². The minimum atomic E-state index is -0.270. The monoisotopic (exact) mass is 300 g/mol. The largest absolute Gasteiger partial charge is 0.395 e.